The van der Waals surface area contributed by atoms with Crippen LogP contribution in [0.2, 0.25) is 0 Å². The van der Waals surface area contributed by atoms with Crippen molar-refractivity contribution in [1.82, 2.24) is 0 Å². The molecule has 33 heavy (non-hydrogen) atoms. The van der Waals surface area contributed by atoms with Gasteiger partial charge in [0.2, 0.25) is 0 Å². The van der Waals surface area contributed by atoms with Crippen molar-refractivity contribution in [2.45, 2.75) is 20.8 Å². The minimum Gasteiger partial charge on any atom is -0.0622 e. The summed E-state index contributed by atoms with van der Waals surface area (Å²) >= 11 is 0. The van der Waals surface area contributed by atoms with Crippen LogP contribution in [0.15, 0.2) is 91.0 Å². The molecule has 4 aromatic carbocycles. The van der Waals surface area contributed by atoms with Crippen molar-refractivity contribution in [1.29, 1.82) is 0 Å². The maximum Gasteiger partial charge on any atom is 0.0332 e. The number of benzene rings is 4. The maximum absolute atomic E-state index is 3.42. The Kier molecular flexibility index (Phi) is 6.76. The topological polar surface area (TPSA) is 0 Å². The summed E-state index contributed by atoms with van der Waals surface area (Å²) in [6.45, 7) is 6.33. The Bertz CT molecular complexity index is 1250. The van der Waals surface area contributed by atoms with Crippen LogP contribution < -0.4 is 0 Å². The third-order valence-corrected chi connectivity index (χ3v) is 5.57. The second-order valence-corrected chi connectivity index (χ2v) is 7.85. The van der Waals surface area contributed by atoms with Crippen LogP contribution in [0.5, 0.6) is 0 Å². The average molecular weight is 421 g/mol. The lowest BCUT2D eigenvalue weighted by Gasteiger charge is -2.14. The monoisotopic (exact) mass is 420 g/mol. The average Bonchev–Trinajstić information content (AvgIpc) is 2.86. The molecule has 0 aliphatic rings. The lowest BCUT2D eigenvalue weighted by atomic mass is 9.88. The Hall–Kier alpha value is -4.44. The van der Waals surface area contributed by atoms with Crippen molar-refractivity contribution in [3.63, 3.8) is 0 Å². The van der Waals surface area contributed by atoms with Crippen LogP contribution >= 0.6 is 0 Å². The highest BCUT2D eigenvalue weighted by Gasteiger charge is 2.14. The molecule has 0 bridgehead atoms. The highest BCUT2D eigenvalue weighted by atomic mass is 14.2. The summed E-state index contributed by atoms with van der Waals surface area (Å²) in [5.41, 5.74) is 9.27. The van der Waals surface area contributed by atoms with E-state index in [1.807, 2.05) is 91.0 Å². The molecule has 0 heteroatoms. The lowest BCUT2D eigenvalue weighted by molar-refractivity contribution is 1.25. The molecule has 0 aliphatic carbocycles. The predicted octanol–water partition coefficient (Wildman–Crippen LogP) is 6.81. The van der Waals surface area contributed by atoms with Gasteiger partial charge >= 0.3 is 0 Å². The van der Waals surface area contributed by atoms with Gasteiger partial charge in [0.05, 0.1) is 0 Å². The molecule has 4 aromatic rings. The smallest absolute Gasteiger partial charge is 0.0332 e. The van der Waals surface area contributed by atoms with E-state index in [0.717, 1.165) is 50.1 Å². The molecule has 0 nitrogen and oxygen atoms in total. The molecule has 0 saturated carbocycles. The summed E-state index contributed by atoms with van der Waals surface area (Å²) in [4.78, 5) is 0. The first-order valence-corrected chi connectivity index (χ1v) is 11.0. The minimum absolute atomic E-state index is 0.991. The minimum atomic E-state index is 0.991. The van der Waals surface area contributed by atoms with E-state index in [4.69, 9.17) is 0 Å². The predicted molar refractivity (Wildman–Crippen MR) is 138 cm³/mol. The van der Waals surface area contributed by atoms with Gasteiger partial charge in [-0.15, -0.1) is 0 Å². The molecule has 0 spiro atoms. The summed E-state index contributed by atoms with van der Waals surface area (Å²) in [7, 11) is 0. The summed E-state index contributed by atoms with van der Waals surface area (Å²) in [5.74, 6) is 20.2. The van der Waals surface area contributed by atoms with Gasteiger partial charge in [-0.3, -0.25) is 0 Å². The molecule has 0 fully saturated rings. The lowest BCUT2D eigenvalue weighted by Crippen LogP contribution is -2.02. The molecule has 0 N–H and O–H groups in total. The summed E-state index contributed by atoms with van der Waals surface area (Å²) in [6, 6.07) is 30.2. The van der Waals surface area contributed by atoms with Gasteiger partial charge in [0.15, 0.2) is 0 Å². The molecule has 156 valence electrons. The first-order chi connectivity index (χ1) is 16.1. The van der Waals surface area contributed by atoms with Gasteiger partial charge in [-0.1, -0.05) is 90.1 Å². The van der Waals surface area contributed by atoms with Gasteiger partial charge in [-0.25, -0.2) is 0 Å². The Morgan fingerprint density at radius 2 is 0.576 bits per heavy atom. The van der Waals surface area contributed by atoms with E-state index < -0.39 is 0 Å². The fourth-order valence-electron chi connectivity index (χ4n) is 3.75. The Balaban J connectivity index is 1.90. The highest BCUT2D eigenvalue weighted by molar-refractivity contribution is 5.67. The van der Waals surface area contributed by atoms with E-state index in [1.165, 1.54) is 0 Å². The van der Waals surface area contributed by atoms with E-state index in [-0.39, 0.29) is 0 Å². The number of hydrogen-bond acceptors (Lipinski definition) is 0. The molecule has 0 amide bonds. The first kappa shape index (κ1) is 21.8. The molecule has 0 saturated heterocycles. The Morgan fingerprint density at radius 1 is 0.333 bits per heavy atom. The molecule has 0 radical (unpaired) electrons. The normalized spacial score (nSPS) is 9.55. The van der Waals surface area contributed by atoms with Crippen LogP contribution in [0.3, 0.4) is 0 Å². The Labute approximate surface area is 197 Å². The molecule has 0 aromatic heterocycles. The molecular formula is C33H24. The van der Waals surface area contributed by atoms with Crippen molar-refractivity contribution in [3.05, 3.63) is 141 Å². The van der Waals surface area contributed by atoms with E-state index >= 15 is 0 Å². The van der Waals surface area contributed by atoms with Gasteiger partial charge in [0.1, 0.15) is 0 Å². The molecule has 0 heterocycles. The van der Waals surface area contributed by atoms with Gasteiger partial charge < -0.3 is 0 Å². The largest absolute Gasteiger partial charge is 0.0622 e. The van der Waals surface area contributed by atoms with Gasteiger partial charge in [0.25, 0.3) is 0 Å². The second kappa shape index (κ2) is 10.2. The summed E-state index contributed by atoms with van der Waals surface area (Å²) in [5, 5.41) is 0. The van der Waals surface area contributed by atoms with Crippen molar-refractivity contribution >= 4 is 0 Å². The van der Waals surface area contributed by atoms with Crippen LogP contribution in [0.25, 0.3) is 0 Å². The van der Waals surface area contributed by atoms with Crippen LogP contribution in [0.1, 0.15) is 50.1 Å². The van der Waals surface area contributed by atoms with Crippen molar-refractivity contribution in [2.75, 3.05) is 0 Å². The summed E-state index contributed by atoms with van der Waals surface area (Å²) in [6.07, 6.45) is 0. The van der Waals surface area contributed by atoms with Crippen molar-refractivity contribution in [3.8, 4) is 35.5 Å². The third-order valence-electron chi connectivity index (χ3n) is 5.57. The van der Waals surface area contributed by atoms with Crippen molar-refractivity contribution in [2.24, 2.45) is 0 Å². The maximum atomic E-state index is 3.42. The fraction of sp³-hybridized carbons (Fsp3) is 0.0909. The summed E-state index contributed by atoms with van der Waals surface area (Å²) < 4.78 is 0. The van der Waals surface area contributed by atoms with E-state index in [2.05, 4.69) is 56.3 Å². The Morgan fingerprint density at radius 3 is 0.818 bits per heavy atom. The van der Waals surface area contributed by atoms with Gasteiger partial charge in [-0.2, -0.15) is 0 Å². The zero-order valence-corrected chi connectivity index (χ0v) is 19.2. The van der Waals surface area contributed by atoms with Crippen LogP contribution in [-0.2, 0) is 0 Å². The van der Waals surface area contributed by atoms with E-state index in [1.54, 1.807) is 0 Å². The fourth-order valence-corrected chi connectivity index (χ4v) is 3.75. The van der Waals surface area contributed by atoms with Crippen LogP contribution in [0.4, 0.5) is 0 Å². The van der Waals surface area contributed by atoms with Crippen molar-refractivity contribution < 1.29 is 0 Å². The SMILES string of the molecule is Cc1c(C#Cc2ccccc2)c(C)c(C#Cc2ccccc2)c(C)c1C#Cc1ccccc1. The molecule has 0 unspecified atom stereocenters. The third kappa shape index (κ3) is 5.25. The van der Waals surface area contributed by atoms with Gasteiger partial charge in [0, 0.05) is 33.4 Å². The van der Waals surface area contributed by atoms with Crippen LogP contribution in [0, 0.1) is 56.3 Å². The quantitative estimate of drug-likeness (QED) is 0.274. The van der Waals surface area contributed by atoms with Gasteiger partial charge in [-0.05, 0) is 73.9 Å². The number of rotatable bonds is 0. The zero-order chi connectivity index (χ0) is 23.0. The molecule has 0 aliphatic heterocycles. The molecule has 0 atom stereocenters. The number of hydrogen-bond donors (Lipinski definition) is 0. The second-order valence-electron chi connectivity index (χ2n) is 7.85. The highest BCUT2D eigenvalue weighted by Crippen LogP contribution is 2.26. The molecular weight excluding hydrogens is 396 g/mol. The van der Waals surface area contributed by atoms with E-state index in [0.29, 0.717) is 0 Å². The van der Waals surface area contributed by atoms with E-state index in [9.17, 15) is 0 Å². The van der Waals surface area contributed by atoms with Crippen LogP contribution in [-0.4, -0.2) is 0 Å². The zero-order valence-electron chi connectivity index (χ0n) is 19.2. The first-order valence-electron chi connectivity index (χ1n) is 11.0. The standard InChI is InChI=1S/C33H24/c1-25-31(22-19-28-13-7-4-8-14-28)26(2)33(24-21-30-17-11-6-12-18-30)27(3)32(25)23-20-29-15-9-5-10-16-29/h4-18H,1-3H3. The molecule has 4 rings (SSSR count).